The summed E-state index contributed by atoms with van der Waals surface area (Å²) in [5.41, 5.74) is 2.80. The molecule has 0 fully saturated rings. The van der Waals surface area contributed by atoms with E-state index in [9.17, 15) is 0 Å². The average molecular weight is 293 g/mol. The van der Waals surface area contributed by atoms with Gasteiger partial charge >= 0.3 is 0 Å². The van der Waals surface area contributed by atoms with Crippen LogP contribution in [0.4, 0.5) is 0 Å². The van der Waals surface area contributed by atoms with Crippen LogP contribution >= 0.6 is 0 Å². The van der Waals surface area contributed by atoms with Gasteiger partial charge in [-0.3, -0.25) is 0 Å². The lowest BCUT2D eigenvalue weighted by molar-refractivity contribution is 0.0693. The summed E-state index contributed by atoms with van der Waals surface area (Å²) in [4.78, 5) is 0. The zero-order valence-electron chi connectivity index (χ0n) is 13.9. The van der Waals surface area contributed by atoms with Crippen molar-refractivity contribution >= 4 is 0 Å². The summed E-state index contributed by atoms with van der Waals surface area (Å²) in [6, 6.07) is 9.41. The van der Waals surface area contributed by atoms with Gasteiger partial charge in [0.25, 0.3) is 0 Å². The van der Waals surface area contributed by atoms with E-state index in [1.807, 2.05) is 0 Å². The van der Waals surface area contributed by atoms with Gasteiger partial charge < -0.3 is 14.8 Å². The Labute approximate surface area is 130 Å². The lowest BCUT2D eigenvalue weighted by atomic mass is 10.0. The van der Waals surface area contributed by atoms with Gasteiger partial charge in [0.1, 0.15) is 0 Å². The summed E-state index contributed by atoms with van der Waals surface area (Å²) in [6.45, 7) is 7.58. The van der Waals surface area contributed by atoms with Gasteiger partial charge in [0.2, 0.25) is 0 Å². The van der Waals surface area contributed by atoms with Crippen molar-refractivity contribution in [1.29, 1.82) is 0 Å². The molecule has 1 N–H and O–H groups in total. The van der Waals surface area contributed by atoms with Crippen LogP contribution in [-0.2, 0) is 15.9 Å². The van der Waals surface area contributed by atoms with Crippen LogP contribution in [0.2, 0.25) is 0 Å². The summed E-state index contributed by atoms with van der Waals surface area (Å²) in [7, 11) is 1.69. The molecule has 21 heavy (non-hydrogen) atoms. The molecule has 0 bridgehead atoms. The Morgan fingerprint density at radius 2 is 1.81 bits per heavy atom. The molecule has 0 amide bonds. The van der Waals surface area contributed by atoms with E-state index < -0.39 is 0 Å². The van der Waals surface area contributed by atoms with Crippen molar-refractivity contribution in [2.45, 2.75) is 45.6 Å². The first kappa shape index (κ1) is 18.1. The molecule has 3 nitrogen and oxygen atoms in total. The zero-order valence-corrected chi connectivity index (χ0v) is 13.9. The highest BCUT2D eigenvalue weighted by atomic mass is 16.5. The molecule has 1 unspecified atom stereocenters. The third-order valence-electron chi connectivity index (χ3n) is 3.65. The number of hydrogen-bond donors (Lipinski definition) is 1. The van der Waals surface area contributed by atoms with Gasteiger partial charge in [-0.2, -0.15) is 0 Å². The standard InChI is InChI=1S/C18H31NO2/c1-4-5-7-17-8-10-18(11-9-17)16(2)19-12-6-13-21-15-14-20-3/h8-11,16,19H,4-7,12-15H2,1-3H3. The van der Waals surface area contributed by atoms with Crippen molar-refractivity contribution in [2.24, 2.45) is 0 Å². The maximum atomic E-state index is 5.45. The van der Waals surface area contributed by atoms with Crippen LogP contribution < -0.4 is 5.32 Å². The molecular weight excluding hydrogens is 262 g/mol. The number of ether oxygens (including phenoxy) is 2. The van der Waals surface area contributed by atoms with Crippen molar-refractivity contribution < 1.29 is 9.47 Å². The first-order valence-electron chi connectivity index (χ1n) is 8.16. The second kappa shape index (κ2) is 11.7. The highest BCUT2D eigenvalue weighted by Crippen LogP contribution is 2.14. The van der Waals surface area contributed by atoms with Crippen molar-refractivity contribution in [3.8, 4) is 0 Å². The lowest BCUT2D eigenvalue weighted by Crippen LogP contribution is -2.21. The van der Waals surface area contributed by atoms with Gasteiger partial charge in [-0.1, -0.05) is 37.6 Å². The maximum Gasteiger partial charge on any atom is 0.0700 e. The Hall–Kier alpha value is -0.900. The van der Waals surface area contributed by atoms with Gasteiger partial charge in [0, 0.05) is 19.8 Å². The number of aryl methyl sites for hydroxylation is 1. The van der Waals surface area contributed by atoms with E-state index in [2.05, 4.69) is 43.4 Å². The van der Waals surface area contributed by atoms with Gasteiger partial charge in [-0.05, 0) is 43.9 Å². The van der Waals surface area contributed by atoms with Crippen LogP contribution in [0.5, 0.6) is 0 Å². The van der Waals surface area contributed by atoms with E-state index >= 15 is 0 Å². The van der Waals surface area contributed by atoms with E-state index in [4.69, 9.17) is 9.47 Å². The minimum atomic E-state index is 0.393. The fraction of sp³-hybridized carbons (Fsp3) is 0.667. The molecule has 0 aliphatic heterocycles. The number of hydrogen-bond acceptors (Lipinski definition) is 3. The second-order valence-corrected chi connectivity index (χ2v) is 5.48. The van der Waals surface area contributed by atoms with Gasteiger partial charge in [-0.15, -0.1) is 0 Å². The molecule has 1 atom stereocenters. The Morgan fingerprint density at radius 3 is 2.48 bits per heavy atom. The van der Waals surface area contributed by atoms with Crippen molar-refractivity contribution in [3.63, 3.8) is 0 Å². The van der Waals surface area contributed by atoms with Gasteiger partial charge in [-0.25, -0.2) is 0 Å². The van der Waals surface area contributed by atoms with E-state index in [0.29, 0.717) is 19.3 Å². The molecule has 1 aromatic carbocycles. The Balaban J connectivity index is 2.17. The van der Waals surface area contributed by atoms with E-state index in [1.54, 1.807) is 7.11 Å². The Bertz CT molecular complexity index is 351. The molecule has 0 aromatic heterocycles. The quantitative estimate of drug-likeness (QED) is 0.596. The molecule has 0 aliphatic rings. The van der Waals surface area contributed by atoms with Crippen LogP contribution in [0.1, 0.15) is 50.3 Å². The van der Waals surface area contributed by atoms with Crippen molar-refractivity contribution in [2.75, 3.05) is 33.5 Å². The topological polar surface area (TPSA) is 30.5 Å². The number of benzene rings is 1. The minimum Gasteiger partial charge on any atom is -0.382 e. The summed E-state index contributed by atoms with van der Waals surface area (Å²) >= 11 is 0. The minimum absolute atomic E-state index is 0.393. The van der Waals surface area contributed by atoms with Gasteiger partial charge in [0.05, 0.1) is 13.2 Å². The van der Waals surface area contributed by atoms with Crippen LogP contribution in [0, 0.1) is 0 Å². The SMILES string of the molecule is CCCCc1ccc(C(C)NCCCOCCOC)cc1. The smallest absolute Gasteiger partial charge is 0.0700 e. The van der Waals surface area contributed by atoms with Crippen LogP contribution in [0.25, 0.3) is 0 Å². The van der Waals surface area contributed by atoms with Crippen LogP contribution in [-0.4, -0.2) is 33.5 Å². The van der Waals surface area contributed by atoms with E-state index in [0.717, 1.165) is 19.6 Å². The average Bonchev–Trinajstić information content (AvgIpc) is 2.52. The third kappa shape index (κ3) is 8.20. The first-order valence-corrected chi connectivity index (χ1v) is 8.16. The number of nitrogens with one attached hydrogen (secondary N) is 1. The molecule has 1 rings (SSSR count). The normalized spacial score (nSPS) is 12.5. The molecule has 0 aliphatic carbocycles. The molecule has 0 saturated carbocycles. The molecule has 0 saturated heterocycles. The maximum absolute atomic E-state index is 5.45. The summed E-state index contributed by atoms with van der Waals surface area (Å²) < 4.78 is 10.4. The second-order valence-electron chi connectivity index (χ2n) is 5.48. The molecule has 3 heteroatoms. The summed E-state index contributed by atoms with van der Waals surface area (Å²) in [5.74, 6) is 0. The highest BCUT2D eigenvalue weighted by Gasteiger charge is 2.04. The summed E-state index contributed by atoms with van der Waals surface area (Å²) in [6.07, 6.45) is 4.75. The number of methoxy groups -OCH3 is 1. The van der Waals surface area contributed by atoms with Crippen LogP contribution in [0.3, 0.4) is 0 Å². The largest absolute Gasteiger partial charge is 0.382 e. The molecule has 0 heterocycles. The van der Waals surface area contributed by atoms with Crippen molar-refractivity contribution in [3.05, 3.63) is 35.4 Å². The van der Waals surface area contributed by atoms with Crippen LogP contribution in [0.15, 0.2) is 24.3 Å². The summed E-state index contributed by atoms with van der Waals surface area (Å²) in [5, 5.41) is 3.54. The third-order valence-corrected chi connectivity index (χ3v) is 3.65. The first-order chi connectivity index (χ1) is 10.3. The monoisotopic (exact) mass is 293 g/mol. The fourth-order valence-corrected chi connectivity index (χ4v) is 2.21. The molecule has 0 spiro atoms. The lowest BCUT2D eigenvalue weighted by Gasteiger charge is -2.15. The predicted octanol–water partition coefficient (Wildman–Crippen LogP) is 3.73. The van der Waals surface area contributed by atoms with E-state index in [-0.39, 0.29) is 0 Å². The predicted molar refractivity (Wildman–Crippen MR) is 88.8 cm³/mol. The van der Waals surface area contributed by atoms with E-state index in [1.165, 1.54) is 30.4 Å². The molecule has 1 aromatic rings. The molecular formula is C18H31NO2. The number of unbranched alkanes of at least 4 members (excludes halogenated alkanes) is 1. The zero-order chi connectivity index (χ0) is 15.3. The highest BCUT2D eigenvalue weighted by molar-refractivity contribution is 5.24. The Morgan fingerprint density at radius 1 is 1.05 bits per heavy atom. The Kier molecular flexibility index (Phi) is 10.1. The molecule has 120 valence electrons. The fourth-order valence-electron chi connectivity index (χ4n) is 2.21. The van der Waals surface area contributed by atoms with Gasteiger partial charge in [0.15, 0.2) is 0 Å². The van der Waals surface area contributed by atoms with Crippen molar-refractivity contribution in [1.82, 2.24) is 5.32 Å². The molecule has 0 radical (unpaired) electrons. The number of rotatable bonds is 12.